The number of rotatable bonds is 6. The third kappa shape index (κ3) is 4.49. The Morgan fingerprint density at radius 1 is 1.10 bits per heavy atom. The van der Waals surface area contributed by atoms with Crippen molar-refractivity contribution in [1.82, 2.24) is 20.2 Å². The van der Waals surface area contributed by atoms with Crippen molar-refractivity contribution in [2.45, 2.75) is 13.5 Å². The van der Waals surface area contributed by atoms with Crippen LogP contribution in [0.25, 0.3) is 5.69 Å². The molecule has 7 nitrogen and oxygen atoms in total. The summed E-state index contributed by atoms with van der Waals surface area (Å²) in [5.41, 5.74) is 3.64. The average molecular weight is 403 g/mol. The number of halogens is 1. The number of nitrogens with one attached hydrogen (secondary N) is 1. The normalized spacial score (nSPS) is 10.6. The lowest BCUT2D eigenvalue weighted by molar-refractivity contribution is 0.102. The van der Waals surface area contributed by atoms with Crippen LogP contribution >= 0.6 is 0 Å². The van der Waals surface area contributed by atoms with Crippen molar-refractivity contribution in [2.24, 2.45) is 0 Å². The molecule has 3 aromatic carbocycles. The predicted molar refractivity (Wildman–Crippen MR) is 109 cm³/mol. The Labute approximate surface area is 172 Å². The Morgan fingerprint density at radius 2 is 1.93 bits per heavy atom. The third-order valence-corrected chi connectivity index (χ3v) is 4.47. The summed E-state index contributed by atoms with van der Waals surface area (Å²) in [6, 6.07) is 18.5. The molecule has 0 spiro atoms. The second-order valence-electron chi connectivity index (χ2n) is 6.65. The van der Waals surface area contributed by atoms with Crippen LogP contribution in [0.4, 0.5) is 10.1 Å². The van der Waals surface area contributed by atoms with Crippen LogP contribution in [0, 0.1) is 12.7 Å². The van der Waals surface area contributed by atoms with Gasteiger partial charge in [0.2, 0.25) is 0 Å². The number of carbonyl (C=O) groups excluding carboxylic acids is 1. The molecule has 0 radical (unpaired) electrons. The second kappa shape index (κ2) is 8.52. The van der Waals surface area contributed by atoms with Crippen LogP contribution in [-0.4, -0.2) is 26.1 Å². The van der Waals surface area contributed by atoms with E-state index in [1.807, 2.05) is 6.92 Å². The zero-order valence-corrected chi connectivity index (χ0v) is 16.1. The molecule has 1 aromatic heterocycles. The zero-order valence-electron chi connectivity index (χ0n) is 16.1. The van der Waals surface area contributed by atoms with Crippen molar-refractivity contribution in [3.63, 3.8) is 0 Å². The number of carbonyl (C=O) groups is 1. The lowest BCUT2D eigenvalue weighted by Gasteiger charge is -2.11. The number of anilines is 1. The summed E-state index contributed by atoms with van der Waals surface area (Å²) >= 11 is 0. The molecule has 1 heterocycles. The van der Waals surface area contributed by atoms with E-state index in [0.717, 1.165) is 16.8 Å². The molecule has 0 aliphatic carbocycles. The molecule has 30 heavy (non-hydrogen) atoms. The molecule has 0 aliphatic rings. The maximum atomic E-state index is 13.0. The highest BCUT2D eigenvalue weighted by Crippen LogP contribution is 2.20. The van der Waals surface area contributed by atoms with Crippen LogP contribution in [0.3, 0.4) is 0 Å². The Bertz CT molecular complexity index is 1160. The van der Waals surface area contributed by atoms with Gasteiger partial charge in [0.25, 0.3) is 5.91 Å². The van der Waals surface area contributed by atoms with Crippen molar-refractivity contribution in [3.05, 3.63) is 95.6 Å². The smallest absolute Gasteiger partial charge is 0.255 e. The van der Waals surface area contributed by atoms with Crippen molar-refractivity contribution in [3.8, 4) is 11.4 Å². The van der Waals surface area contributed by atoms with Crippen molar-refractivity contribution in [1.29, 1.82) is 0 Å². The molecule has 4 aromatic rings. The maximum absolute atomic E-state index is 13.0. The van der Waals surface area contributed by atoms with E-state index in [9.17, 15) is 9.18 Å². The molecule has 8 heteroatoms. The minimum absolute atomic E-state index is 0.239. The van der Waals surface area contributed by atoms with Crippen LogP contribution in [0.15, 0.2) is 73.1 Å². The number of ether oxygens (including phenoxy) is 1. The number of nitrogens with zero attached hydrogens (tertiary/aromatic N) is 4. The van der Waals surface area contributed by atoms with Gasteiger partial charge in [-0.2, -0.15) is 0 Å². The van der Waals surface area contributed by atoms with Crippen molar-refractivity contribution < 1.29 is 13.9 Å². The van der Waals surface area contributed by atoms with Gasteiger partial charge in [-0.25, -0.2) is 9.07 Å². The fourth-order valence-corrected chi connectivity index (χ4v) is 2.94. The Morgan fingerprint density at radius 3 is 2.67 bits per heavy atom. The van der Waals surface area contributed by atoms with E-state index in [1.165, 1.54) is 18.5 Å². The summed E-state index contributed by atoms with van der Waals surface area (Å²) in [5, 5.41) is 14.0. The topological polar surface area (TPSA) is 81.9 Å². The van der Waals surface area contributed by atoms with Gasteiger partial charge in [0.1, 0.15) is 24.5 Å². The summed E-state index contributed by atoms with van der Waals surface area (Å²) in [7, 11) is 0. The molecule has 0 saturated carbocycles. The van der Waals surface area contributed by atoms with Gasteiger partial charge in [-0.3, -0.25) is 4.79 Å². The molecule has 0 atom stereocenters. The van der Waals surface area contributed by atoms with Crippen LogP contribution in [0.5, 0.6) is 5.75 Å². The minimum atomic E-state index is -0.287. The summed E-state index contributed by atoms with van der Waals surface area (Å²) in [6.45, 7) is 2.19. The van der Waals surface area contributed by atoms with Crippen LogP contribution in [0.1, 0.15) is 21.5 Å². The molecule has 0 bridgehead atoms. The molecule has 1 amide bonds. The first kappa shape index (κ1) is 19.3. The maximum Gasteiger partial charge on any atom is 0.255 e. The standard InChI is InChI=1S/C22H18FN5O2/c1-15-11-17(7-10-21(15)28-14-24-26-27-28)22(29)25-19-3-2-4-20(12-19)30-13-16-5-8-18(23)9-6-16/h2-12,14H,13H2,1H3,(H,25,29). The number of aryl methyl sites for hydroxylation is 1. The molecule has 0 aliphatic heterocycles. The van der Waals surface area contributed by atoms with E-state index in [0.29, 0.717) is 23.6 Å². The molecule has 4 rings (SSSR count). The fraction of sp³-hybridized carbons (Fsp3) is 0.0909. The number of amides is 1. The first-order chi connectivity index (χ1) is 14.6. The van der Waals surface area contributed by atoms with Crippen LogP contribution in [0.2, 0.25) is 0 Å². The SMILES string of the molecule is Cc1cc(C(=O)Nc2cccc(OCc3ccc(F)cc3)c2)ccc1-n1cnnn1. The fourth-order valence-electron chi connectivity index (χ4n) is 2.94. The van der Waals surface area contributed by atoms with Gasteiger partial charge >= 0.3 is 0 Å². The van der Waals surface area contributed by atoms with E-state index in [4.69, 9.17) is 4.74 Å². The van der Waals surface area contributed by atoms with Gasteiger partial charge in [0.05, 0.1) is 5.69 Å². The van der Waals surface area contributed by atoms with E-state index >= 15 is 0 Å². The van der Waals surface area contributed by atoms with E-state index in [1.54, 1.807) is 59.3 Å². The zero-order chi connectivity index (χ0) is 20.9. The molecule has 1 N–H and O–H groups in total. The van der Waals surface area contributed by atoms with Gasteiger partial charge in [-0.1, -0.05) is 18.2 Å². The molecular formula is C22H18FN5O2. The number of hydrogen-bond acceptors (Lipinski definition) is 5. The van der Waals surface area contributed by atoms with E-state index < -0.39 is 0 Å². The van der Waals surface area contributed by atoms with E-state index in [-0.39, 0.29) is 11.7 Å². The predicted octanol–water partition coefficient (Wildman–Crippen LogP) is 3.94. The van der Waals surface area contributed by atoms with Gasteiger partial charge in [-0.05, 0) is 70.9 Å². The number of aromatic nitrogens is 4. The Hall–Kier alpha value is -4.07. The van der Waals surface area contributed by atoms with Crippen molar-refractivity contribution in [2.75, 3.05) is 5.32 Å². The molecule has 0 saturated heterocycles. The monoisotopic (exact) mass is 403 g/mol. The highest BCUT2D eigenvalue weighted by Gasteiger charge is 2.10. The first-order valence-corrected chi connectivity index (χ1v) is 9.21. The quantitative estimate of drug-likeness (QED) is 0.527. The average Bonchev–Trinajstić information content (AvgIpc) is 3.28. The Balaban J connectivity index is 1.42. The molecule has 0 fully saturated rings. The summed E-state index contributed by atoms with van der Waals surface area (Å²) < 4.78 is 20.3. The molecule has 0 unspecified atom stereocenters. The number of tetrazole rings is 1. The lowest BCUT2D eigenvalue weighted by atomic mass is 10.1. The van der Waals surface area contributed by atoms with Crippen molar-refractivity contribution >= 4 is 11.6 Å². The third-order valence-electron chi connectivity index (χ3n) is 4.47. The van der Waals surface area contributed by atoms with Gasteiger partial charge in [0.15, 0.2) is 0 Å². The largest absolute Gasteiger partial charge is 0.489 e. The van der Waals surface area contributed by atoms with Gasteiger partial charge in [-0.15, -0.1) is 5.10 Å². The minimum Gasteiger partial charge on any atom is -0.489 e. The summed E-state index contributed by atoms with van der Waals surface area (Å²) in [4.78, 5) is 12.7. The number of hydrogen-bond donors (Lipinski definition) is 1. The highest BCUT2D eigenvalue weighted by atomic mass is 19.1. The highest BCUT2D eigenvalue weighted by molar-refractivity contribution is 6.04. The lowest BCUT2D eigenvalue weighted by Crippen LogP contribution is -2.12. The van der Waals surface area contributed by atoms with Crippen LogP contribution in [-0.2, 0) is 6.61 Å². The summed E-state index contributed by atoms with van der Waals surface area (Å²) in [5.74, 6) is 0.0732. The van der Waals surface area contributed by atoms with Gasteiger partial charge in [0, 0.05) is 17.3 Å². The second-order valence-corrected chi connectivity index (χ2v) is 6.65. The first-order valence-electron chi connectivity index (χ1n) is 9.21. The molecule has 150 valence electrons. The summed E-state index contributed by atoms with van der Waals surface area (Å²) in [6.07, 6.45) is 1.50. The van der Waals surface area contributed by atoms with Crippen LogP contribution < -0.4 is 10.1 Å². The molecular weight excluding hydrogens is 385 g/mol. The number of benzene rings is 3. The van der Waals surface area contributed by atoms with E-state index in [2.05, 4.69) is 20.8 Å². The Kier molecular flexibility index (Phi) is 5.47. The van der Waals surface area contributed by atoms with Gasteiger partial charge < -0.3 is 10.1 Å².